The van der Waals surface area contributed by atoms with Gasteiger partial charge in [-0.15, -0.1) is 0 Å². The van der Waals surface area contributed by atoms with E-state index >= 15 is 0 Å². The van der Waals surface area contributed by atoms with E-state index in [-0.39, 0.29) is 18.2 Å². The fraction of sp³-hybridized carbons (Fsp3) is 0.375. The van der Waals surface area contributed by atoms with Crippen LogP contribution in [0.25, 0.3) is 16.7 Å². The van der Waals surface area contributed by atoms with Gasteiger partial charge in [0.1, 0.15) is 5.60 Å². The molecule has 0 radical (unpaired) electrons. The summed E-state index contributed by atoms with van der Waals surface area (Å²) >= 11 is 0. The summed E-state index contributed by atoms with van der Waals surface area (Å²) in [6.07, 6.45) is 5.07. The Bertz CT molecular complexity index is 846. The molecule has 1 fully saturated rings. The molecule has 1 amide bonds. The number of benzene rings is 2. The Hall–Kier alpha value is -2.55. The normalized spacial score (nSPS) is 21.7. The number of ether oxygens (including phenoxy) is 1. The van der Waals surface area contributed by atoms with Crippen LogP contribution < -0.4 is 0 Å². The number of hydrogen-bond donors (Lipinski definition) is 0. The van der Waals surface area contributed by atoms with Crippen LogP contribution >= 0.6 is 0 Å². The van der Waals surface area contributed by atoms with Crippen LogP contribution in [0.1, 0.15) is 45.6 Å². The Labute approximate surface area is 161 Å². The molecule has 2 aliphatic heterocycles. The van der Waals surface area contributed by atoms with E-state index < -0.39 is 5.60 Å². The third kappa shape index (κ3) is 3.78. The summed E-state index contributed by atoms with van der Waals surface area (Å²) in [7, 11) is 0. The number of rotatable bonds is 2. The van der Waals surface area contributed by atoms with Crippen molar-refractivity contribution in [3.05, 3.63) is 66.2 Å². The highest BCUT2D eigenvalue weighted by molar-refractivity contribution is 5.76. The fourth-order valence-electron chi connectivity index (χ4n) is 4.15. The number of amides is 1. The van der Waals surface area contributed by atoms with Gasteiger partial charge in [0.2, 0.25) is 0 Å². The van der Waals surface area contributed by atoms with Crippen LogP contribution in [0, 0.1) is 0 Å². The van der Waals surface area contributed by atoms with Gasteiger partial charge in [-0.25, -0.2) is 4.79 Å². The average Bonchev–Trinajstić information content (AvgIpc) is 2.91. The molecule has 3 nitrogen and oxygen atoms in total. The SMILES string of the molecule is CC(C)(C)OC(=O)N1C2C=C(c3ccc(-c4ccccc4)cc3)CC1CC2. The lowest BCUT2D eigenvalue weighted by Gasteiger charge is -2.35. The van der Waals surface area contributed by atoms with Crippen molar-refractivity contribution in [2.45, 2.75) is 57.7 Å². The molecule has 1 saturated heterocycles. The molecule has 0 saturated carbocycles. The van der Waals surface area contributed by atoms with Crippen molar-refractivity contribution in [3.8, 4) is 11.1 Å². The number of hydrogen-bond acceptors (Lipinski definition) is 2. The van der Waals surface area contributed by atoms with Gasteiger partial charge in [-0.2, -0.15) is 0 Å². The van der Waals surface area contributed by atoms with Gasteiger partial charge >= 0.3 is 6.09 Å². The summed E-state index contributed by atoms with van der Waals surface area (Å²) in [5.41, 5.74) is 4.62. The highest BCUT2D eigenvalue weighted by atomic mass is 16.6. The molecular formula is C24H27NO2. The quantitative estimate of drug-likeness (QED) is 0.665. The van der Waals surface area contributed by atoms with E-state index in [9.17, 15) is 4.79 Å². The number of carbonyl (C=O) groups excluding carboxylic acids is 1. The summed E-state index contributed by atoms with van der Waals surface area (Å²) < 4.78 is 5.62. The summed E-state index contributed by atoms with van der Waals surface area (Å²) in [5, 5.41) is 0. The van der Waals surface area contributed by atoms with Gasteiger partial charge in [0.25, 0.3) is 0 Å². The van der Waals surface area contributed by atoms with Gasteiger partial charge in [0.05, 0.1) is 6.04 Å². The Morgan fingerprint density at radius 3 is 2.19 bits per heavy atom. The number of nitrogens with zero attached hydrogens (tertiary/aromatic N) is 1. The summed E-state index contributed by atoms with van der Waals surface area (Å²) in [6.45, 7) is 5.77. The van der Waals surface area contributed by atoms with Crippen molar-refractivity contribution < 1.29 is 9.53 Å². The van der Waals surface area contributed by atoms with Gasteiger partial charge in [-0.05, 0) is 62.3 Å². The third-order valence-electron chi connectivity index (χ3n) is 5.36. The Morgan fingerprint density at radius 1 is 0.926 bits per heavy atom. The molecular weight excluding hydrogens is 334 g/mol. The van der Waals surface area contributed by atoms with E-state index in [0.29, 0.717) is 0 Å². The predicted molar refractivity (Wildman–Crippen MR) is 109 cm³/mol. The molecule has 0 aliphatic carbocycles. The largest absolute Gasteiger partial charge is 0.444 e. The highest BCUT2D eigenvalue weighted by Crippen LogP contribution is 2.39. The molecule has 2 heterocycles. The summed E-state index contributed by atoms with van der Waals surface area (Å²) in [5.74, 6) is 0. The van der Waals surface area contributed by atoms with Crippen LogP contribution in [0.4, 0.5) is 4.79 Å². The standard InChI is InChI=1S/C24H27NO2/c1-24(2,3)27-23(26)25-21-13-14-22(25)16-20(15-21)19-11-9-18(10-12-19)17-7-5-4-6-8-17/h4-12,15,21-22H,13-14,16H2,1-3H3. The van der Waals surface area contributed by atoms with E-state index in [2.05, 4.69) is 54.6 Å². The third-order valence-corrected chi connectivity index (χ3v) is 5.36. The van der Waals surface area contributed by atoms with E-state index in [1.165, 1.54) is 22.3 Å². The van der Waals surface area contributed by atoms with Crippen LogP contribution in [-0.2, 0) is 4.74 Å². The molecule has 3 heteroatoms. The summed E-state index contributed by atoms with van der Waals surface area (Å²) in [4.78, 5) is 14.5. The molecule has 2 aromatic carbocycles. The predicted octanol–water partition coefficient (Wildman–Crippen LogP) is 5.91. The zero-order valence-electron chi connectivity index (χ0n) is 16.3. The lowest BCUT2D eigenvalue weighted by atomic mass is 9.93. The minimum Gasteiger partial charge on any atom is -0.444 e. The first-order chi connectivity index (χ1) is 12.9. The lowest BCUT2D eigenvalue weighted by Crippen LogP contribution is -2.45. The molecule has 2 aliphatic rings. The first-order valence-electron chi connectivity index (χ1n) is 9.78. The monoisotopic (exact) mass is 361 g/mol. The molecule has 2 atom stereocenters. The van der Waals surface area contributed by atoms with Crippen LogP contribution in [0.2, 0.25) is 0 Å². The molecule has 27 heavy (non-hydrogen) atoms. The number of fused-ring (bicyclic) bond motifs is 2. The topological polar surface area (TPSA) is 29.5 Å². The van der Waals surface area contributed by atoms with Crippen LogP contribution in [-0.4, -0.2) is 28.7 Å². The van der Waals surface area contributed by atoms with Crippen molar-refractivity contribution in [2.75, 3.05) is 0 Å². The fourth-order valence-corrected chi connectivity index (χ4v) is 4.15. The zero-order chi connectivity index (χ0) is 19.0. The minimum atomic E-state index is -0.451. The van der Waals surface area contributed by atoms with E-state index in [1.807, 2.05) is 31.7 Å². The van der Waals surface area contributed by atoms with Gasteiger partial charge in [0, 0.05) is 6.04 Å². The van der Waals surface area contributed by atoms with Crippen molar-refractivity contribution in [1.82, 2.24) is 4.90 Å². The maximum Gasteiger partial charge on any atom is 0.411 e. The van der Waals surface area contributed by atoms with Crippen molar-refractivity contribution in [3.63, 3.8) is 0 Å². The first-order valence-corrected chi connectivity index (χ1v) is 9.78. The van der Waals surface area contributed by atoms with Crippen molar-refractivity contribution in [2.24, 2.45) is 0 Å². The smallest absolute Gasteiger partial charge is 0.411 e. The molecule has 0 spiro atoms. The molecule has 4 rings (SSSR count). The zero-order valence-corrected chi connectivity index (χ0v) is 16.3. The Morgan fingerprint density at radius 2 is 1.56 bits per heavy atom. The molecule has 140 valence electrons. The molecule has 2 unspecified atom stereocenters. The van der Waals surface area contributed by atoms with E-state index in [1.54, 1.807) is 0 Å². The lowest BCUT2D eigenvalue weighted by molar-refractivity contribution is 0.0175. The maximum absolute atomic E-state index is 12.6. The Kier molecular flexibility index (Phi) is 4.55. The Balaban J connectivity index is 1.53. The van der Waals surface area contributed by atoms with Crippen LogP contribution in [0.5, 0.6) is 0 Å². The average molecular weight is 361 g/mol. The second-order valence-electron chi connectivity index (χ2n) is 8.53. The van der Waals surface area contributed by atoms with Crippen LogP contribution in [0.3, 0.4) is 0 Å². The molecule has 0 N–H and O–H groups in total. The maximum atomic E-state index is 12.6. The molecule has 0 aromatic heterocycles. The second-order valence-corrected chi connectivity index (χ2v) is 8.53. The molecule has 2 aromatic rings. The summed E-state index contributed by atoms with van der Waals surface area (Å²) in [6, 6.07) is 19.6. The second kappa shape index (κ2) is 6.88. The van der Waals surface area contributed by atoms with Crippen LogP contribution in [0.15, 0.2) is 60.7 Å². The van der Waals surface area contributed by atoms with Gasteiger partial charge < -0.3 is 4.74 Å². The minimum absolute atomic E-state index is 0.155. The van der Waals surface area contributed by atoms with Gasteiger partial charge in [-0.3, -0.25) is 4.90 Å². The van der Waals surface area contributed by atoms with Crippen molar-refractivity contribution >= 4 is 11.7 Å². The highest BCUT2D eigenvalue weighted by Gasteiger charge is 2.41. The molecule has 2 bridgehead atoms. The number of carbonyl (C=O) groups is 1. The van der Waals surface area contributed by atoms with E-state index in [0.717, 1.165) is 19.3 Å². The van der Waals surface area contributed by atoms with E-state index in [4.69, 9.17) is 4.74 Å². The van der Waals surface area contributed by atoms with Crippen molar-refractivity contribution in [1.29, 1.82) is 0 Å². The van der Waals surface area contributed by atoms with Gasteiger partial charge in [0.15, 0.2) is 0 Å². The van der Waals surface area contributed by atoms with Gasteiger partial charge in [-0.1, -0.05) is 60.7 Å². The first kappa shape index (κ1) is 17.8.